The van der Waals surface area contributed by atoms with Crippen LogP contribution in [0.2, 0.25) is 0 Å². The predicted octanol–water partition coefficient (Wildman–Crippen LogP) is 9.02. The van der Waals surface area contributed by atoms with Gasteiger partial charge in [0.25, 0.3) is 0 Å². The number of hydrogen-bond acceptors (Lipinski definition) is 2. The molecule has 6 rings (SSSR count). The summed E-state index contributed by atoms with van der Waals surface area (Å²) in [6.45, 7) is 9.32. The molecule has 2 heterocycles. The summed E-state index contributed by atoms with van der Waals surface area (Å²) >= 11 is 4.89. The summed E-state index contributed by atoms with van der Waals surface area (Å²) in [6.07, 6.45) is 11.5. The van der Waals surface area contributed by atoms with Crippen LogP contribution < -0.4 is 4.90 Å². The molecule has 1 aliphatic carbocycles. The highest BCUT2D eigenvalue weighted by Gasteiger charge is 2.42. The van der Waals surface area contributed by atoms with Crippen LogP contribution in [-0.4, -0.2) is 24.4 Å². The van der Waals surface area contributed by atoms with E-state index in [0.717, 1.165) is 17.7 Å². The fourth-order valence-electron chi connectivity index (χ4n) is 7.05. The van der Waals surface area contributed by atoms with Crippen molar-refractivity contribution < 1.29 is 4.58 Å². The summed E-state index contributed by atoms with van der Waals surface area (Å²) in [5.74, 6) is 0. The van der Waals surface area contributed by atoms with Crippen LogP contribution >= 0.6 is 12.6 Å². The van der Waals surface area contributed by atoms with Gasteiger partial charge in [0.1, 0.15) is 7.05 Å². The maximum Gasteiger partial charge on any atom is 0.209 e. The minimum Gasteiger partial charge on any atom is -0.347 e. The van der Waals surface area contributed by atoms with Gasteiger partial charge in [-0.15, -0.1) is 12.6 Å². The predicted molar refractivity (Wildman–Crippen MR) is 173 cm³/mol. The van der Waals surface area contributed by atoms with Crippen LogP contribution in [0.15, 0.2) is 119 Å². The molecule has 0 spiro atoms. The SMILES string of the molecule is CN1C(=CC=C2CCC(C=CC3=[N+](C)c4ccccc4C3(C)C)=C2c2ccccc2S)C(C)(C)c2ccccc21. The van der Waals surface area contributed by atoms with Gasteiger partial charge in [0.2, 0.25) is 5.69 Å². The van der Waals surface area contributed by atoms with Crippen LogP contribution in [0.25, 0.3) is 5.57 Å². The average Bonchev–Trinajstić information content (AvgIpc) is 3.49. The van der Waals surface area contributed by atoms with Crippen LogP contribution in [-0.2, 0) is 10.8 Å². The topological polar surface area (TPSA) is 6.25 Å². The number of hydrogen-bond donors (Lipinski definition) is 1. The number of anilines is 1. The molecular formula is C37H39N2S+. The summed E-state index contributed by atoms with van der Waals surface area (Å²) in [5, 5.41) is 0. The molecule has 3 aromatic carbocycles. The van der Waals surface area contributed by atoms with Gasteiger partial charge in [-0.2, -0.15) is 4.58 Å². The highest BCUT2D eigenvalue weighted by molar-refractivity contribution is 7.80. The number of fused-ring (bicyclic) bond motifs is 2. The molecule has 0 amide bonds. The van der Waals surface area contributed by atoms with Gasteiger partial charge in [-0.1, -0.05) is 80.6 Å². The second kappa shape index (κ2) is 9.82. The van der Waals surface area contributed by atoms with E-state index in [2.05, 4.69) is 148 Å². The van der Waals surface area contributed by atoms with E-state index in [1.54, 1.807) is 0 Å². The lowest BCUT2D eigenvalue weighted by Crippen LogP contribution is -2.26. The van der Waals surface area contributed by atoms with Crippen molar-refractivity contribution in [2.45, 2.75) is 56.3 Å². The molecule has 0 unspecified atom stereocenters. The third-order valence-corrected chi connectivity index (χ3v) is 9.63. The molecule has 3 aromatic rings. The van der Waals surface area contributed by atoms with Gasteiger partial charge in [0.15, 0.2) is 5.71 Å². The third kappa shape index (κ3) is 4.14. The molecule has 202 valence electrons. The van der Waals surface area contributed by atoms with E-state index >= 15 is 0 Å². The Morgan fingerprint density at radius 2 is 1.45 bits per heavy atom. The molecule has 3 heteroatoms. The first-order valence-electron chi connectivity index (χ1n) is 14.3. The molecule has 2 nitrogen and oxygen atoms in total. The van der Waals surface area contributed by atoms with Crippen molar-refractivity contribution in [3.05, 3.63) is 131 Å². The van der Waals surface area contributed by atoms with Gasteiger partial charge >= 0.3 is 0 Å². The first-order chi connectivity index (χ1) is 19.1. The molecule has 2 aliphatic heterocycles. The minimum atomic E-state index is -0.0423. The average molecular weight is 544 g/mol. The summed E-state index contributed by atoms with van der Waals surface area (Å²) < 4.78 is 2.35. The van der Waals surface area contributed by atoms with E-state index in [1.807, 2.05) is 0 Å². The second-order valence-corrected chi connectivity index (χ2v) is 12.8. The molecule has 0 saturated heterocycles. The Labute approximate surface area is 245 Å². The number of benzene rings is 3. The molecule has 0 radical (unpaired) electrons. The van der Waals surface area contributed by atoms with Crippen molar-refractivity contribution in [1.82, 2.24) is 0 Å². The van der Waals surface area contributed by atoms with Crippen molar-refractivity contribution in [2.75, 3.05) is 19.0 Å². The highest BCUT2D eigenvalue weighted by atomic mass is 32.1. The fourth-order valence-corrected chi connectivity index (χ4v) is 7.32. The van der Waals surface area contributed by atoms with Gasteiger partial charge in [-0.25, -0.2) is 0 Å². The van der Waals surface area contributed by atoms with Crippen molar-refractivity contribution in [3.8, 4) is 0 Å². The van der Waals surface area contributed by atoms with E-state index in [-0.39, 0.29) is 10.8 Å². The van der Waals surface area contributed by atoms with Gasteiger partial charge in [-0.3, -0.25) is 0 Å². The summed E-state index contributed by atoms with van der Waals surface area (Å²) in [7, 11) is 4.38. The van der Waals surface area contributed by atoms with Crippen molar-refractivity contribution in [3.63, 3.8) is 0 Å². The smallest absolute Gasteiger partial charge is 0.209 e. The first-order valence-corrected chi connectivity index (χ1v) is 14.7. The summed E-state index contributed by atoms with van der Waals surface area (Å²) in [4.78, 5) is 3.37. The third-order valence-electron chi connectivity index (χ3n) is 9.24. The van der Waals surface area contributed by atoms with Crippen LogP contribution in [0.1, 0.15) is 57.2 Å². The fraction of sp³-hybridized carbons (Fsp3) is 0.270. The molecule has 3 aliphatic rings. The number of thiol groups is 1. The molecule has 40 heavy (non-hydrogen) atoms. The Morgan fingerprint density at radius 1 is 0.775 bits per heavy atom. The van der Waals surface area contributed by atoms with Crippen LogP contribution in [0.4, 0.5) is 11.4 Å². The number of rotatable bonds is 4. The summed E-state index contributed by atoms with van der Waals surface area (Å²) in [6, 6.07) is 26.0. The molecule has 0 saturated carbocycles. The number of allylic oxidation sites excluding steroid dienone is 8. The standard InChI is InChI=1S/C37H38N2S/c1-36(2)28-14-8-10-16-30(28)38(5)33(36)23-21-25-19-20-26(35(25)27-13-7-12-18-32(27)40)22-24-34-37(3,4)29-15-9-11-17-31(29)39(34)6/h7-18,21-24H,19-20H2,1-6H3/p+1. The van der Waals surface area contributed by atoms with E-state index in [1.165, 1.54) is 56.2 Å². The van der Waals surface area contributed by atoms with Gasteiger partial charge in [-0.05, 0) is 72.7 Å². The van der Waals surface area contributed by atoms with Crippen LogP contribution in [0, 0.1) is 0 Å². The Hall–Kier alpha value is -3.56. The molecule has 0 bridgehead atoms. The molecule has 0 fully saturated rings. The lowest BCUT2D eigenvalue weighted by molar-refractivity contribution is -0.401. The van der Waals surface area contributed by atoms with Gasteiger partial charge in [0, 0.05) is 46.4 Å². The Kier molecular flexibility index (Phi) is 6.54. The monoisotopic (exact) mass is 543 g/mol. The number of nitrogens with zero attached hydrogens (tertiary/aromatic N) is 2. The molecule has 0 atom stereocenters. The molecule has 0 aromatic heterocycles. The van der Waals surface area contributed by atoms with E-state index in [0.29, 0.717) is 0 Å². The Morgan fingerprint density at radius 3 is 2.17 bits per heavy atom. The van der Waals surface area contributed by atoms with Crippen molar-refractivity contribution in [2.24, 2.45) is 0 Å². The quantitative estimate of drug-likeness (QED) is 0.254. The largest absolute Gasteiger partial charge is 0.347 e. The van der Waals surface area contributed by atoms with E-state index in [9.17, 15) is 0 Å². The maximum absolute atomic E-state index is 4.89. The molecular weight excluding hydrogens is 504 g/mol. The van der Waals surface area contributed by atoms with E-state index in [4.69, 9.17) is 12.6 Å². The maximum atomic E-state index is 4.89. The zero-order valence-electron chi connectivity index (χ0n) is 24.5. The first kappa shape index (κ1) is 26.7. The summed E-state index contributed by atoms with van der Waals surface area (Å²) in [5.41, 5.74) is 13.2. The zero-order valence-corrected chi connectivity index (χ0v) is 25.4. The zero-order chi connectivity index (χ0) is 28.2. The van der Waals surface area contributed by atoms with Gasteiger partial charge in [0.05, 0.1) is 5.41 Å². The Bertz CT molecular complexity index is 1680. The minimum absolute atomic E-state index is 0.0423. The lowest BCUT2D eigenvalue weighted by Gasteiger charge is -2.24. The lowest BCUT2D eigenvalue weighted by atomic mass is 9.81. The number of likely N-dealkylation sites (N-methyl/N-ethyl adjacent to an activating group) is 1. The van der Waals surface area contributed by atoms with Gasteiger partial charge < -0.3 is 4.90 Å². The molecule has 0 N–H and O–H groups in total. The Balaban J connectivity index is 1.43. The van der Waals surface area contributed by atoms with Crippen LogP contribution in [0.3, 0.4) is 0 Å². The highest BCUT2D eigenvalue weighted by Crippen LogP contribution is 2.48. The van der Waals surface area contributed by atoms with Crippen molar-refractivity contribution in [1.29, 1.82) is 0 Å². The van der Waals surface area contributed by atoms with E-state index < -0.39 is 0 Å². The normalized spacial score (nSPS) is 21.3. The number of para-hydroxylation sites is 2. The van der Waals surface area contributed by atoms with Crippen molar-refractivity contribution >= 4 is 35.3 Å². The second-order valence-electron chi connectivity index (χ2n) is 12.3. The van der Waals surface area contributed by atoms with Crippen LogP contribution in [0.5, 0.6) is 0 Å².